The summed E-state index contributed by atoms with van der Waals surface area (Å²) in [4.78, 5) is 24.5. The van der Waals surface area contributed by atoms with Gasteiger partial charge >= 0.3 is 0 Å². The topological polar surface area (TPSA) is 99.3 Å². The summed E-state index contributed by atoms with van der Waals surface area (Å²) in [7, 11) is 0. The van der Waals surface area contributed by atoms with E-state index in [4.69, 9.17) is 4.98 Å². The number of hydrogen-bond acceptors (Lipinski definition) is 4. The number of H-pyrrole nitrogens is 2. The van der Waals surface area contributed by atoms with Gasteiger partial charge in [-0.05, 0) is 42.3 Å². The lowest BCUT2D eigenvalue weighted by molar-refractivity contribution is -0.116. The molecule has 0 aliphatic rings. The molecular weight excluding hydrogens is 467 g/mol. The maximum Gasteiger partial charge on any atom is 0.224 e. The van der Waals surface area contributed by atoms with E-state index in [1.54, 1.807) is 24.5 Å². The minimum absolute atomic E-state index is 0.0336. The van der Waals surface area contributed by atoms with Crippen LogP contribution >= 0.6 is 0 Å². The highest BCUT2D eigenvalue weighted by atomic mass is 19.1. The number of fused-ring (bicyclic) bond motifs is 2. The maximum absolute atomic E-state index is 14.6. The van der Waals surface area contributed by atoms with Gasteiger partial charge in [0.05, 0.1) is 28.4 Å². The van der Waals surface area contributed by atoms with Gasteiger partial charge in [0.15, 0.2) is 5.82 Å². The van der Waals surface area contributed by atoms with Gasteiger partial charge < -0.3 is 10.3 Å². The van der Waals surface area contributed by atoms with E-state index in [1.807, 2.05) is 55.5 Å². The number of amides is 1. The Bertz CT molecular complexity index is 1770. The van der Waals surface area contributed by atoms with Gasteiger partial charge in [-0.1, -0.05) is 43.3 Å². The van der Waals surface area contributed by atoms with E-state index in [0.717, 1.165) is 34.0 Å². The van der Waals surface area contributed by atoms with Gasteiger partial charge in [0.1, 0.15) is 11.5 Å². The van der Waals surface area contributed by atoms with Crippen LogP contribution in [0.15, 0.2) is 79.1 Å². The summed E-state index contributed by atoms with van der Waals surface area (Å²) in [5.74, 6) is 0.255. The standard InChI is InChI=1S/C29H23FN6O/c1-2-6-26(37)32-19-13-18(15-31-16-19)17-11-12-24-22(14-17)28(36-35-24)29-33-25-10-5-8-21(27(25)34-29)20-7-3-4-9-23(20)30/h3-5,7-16H,2,6H2,1H3,(H,32,37)(H,33,34)(H,35,36). The minimum atomic E-state index is -0.295. The maximum atomic E-state index is 14.6. The first-order valence-electron chi connectivity index (χ1n) is 12.1. The third-order valence-corrected chi connectivity index (χ3v) is 6.30. The summed E-state index contributed by atoms with van der Waals surface area (Å²) in [6.45, 7) is 1.97. The number of pyridine rings is 1. The highest BCUT2D eigenvalue weighted by molar-refractivity contribution is 5.98. The molecule has 0 aliphatic carbocycles. The van der Waals surface area contributed by atoms with Gasteiger partial charge in [-0.15, -0.1) is 0 Å². The molecule has 0 spiro atoms. The first-order chi connectivity index (χ1) is 18.1. The molecule has 0 unspecified atom stereocenters. The fraction of sp³-hybridized carbons (Fsp3) is 0.103. The number of carbonyl (C=O) groups is 1. The van der Waals surface area contributed by atoms with Crippen molar-refractivity contribution in [1.82, 2.24) is 25.1 Å². The molecule has 3 heterocycles. The number of benzene rings is 3. The Labute approximate surface area is 211 Å². The smallest absolute Gasteiger partial charge is 0.224 e. The van der Waals surface area contributed by atoms with Gasteiger partial charge in [0, 0.05) is 34.7 Å². The van der Waals surface area contributed by atoms with Crippen molar-refractivity contribution >= 4 is 33.5 Å². The van der Waals surface area contributed by atoms with Crippen molar-refractivity contribution in [1.29, 1.82) is 0 Å². The Morgan fingerprint density at radius 3 is 2.68 bits per heavy atom. The molecule has 3 aromatic heterocycles. The number of nitrogens with one attached hydrogen (secondary N) is 3. The third-order valence-electron chi connectivity index (χ3n) is 6.30. The van der Waals surface area contributed by atoms with Gasteiger partial charge in [-0.25, -0.2) is 9.37 Å². The molecule has 0 fully saturated rings. The van der Waals surface area contributed by atoms with Gasteiger partial charge in [-0.3, -0.25) is 14.9 Å². The van der Waals surface area contributed by atoms with Crippen molar-refractivity contribution in [2.45, 2.75) is 19.8 Å². The fourth-order valence-electron chi connectivity index (χ4n) is 4.53. The average Bonchev–Trinajstić information content (AvgIpc) is 3.53. The Morgan fingerprint density at radius 2 is 1.81 bits per heavy atom. The fourth-order valence-corrected chi connectivity index (χ4v) is 4.53. The molecule has 7 nitrogen and oxygen atoms in total. The van der Waals surface area contributed by atoms with Crippen molar-refractivity contribution in [3.8, 4) is 33.8 Å². The molecule has 3 N–H and O–H groups in total. The minimum Gasteiger partial charge on any atom is -0.337 e. The second-order valence-electron chi connectivity index (χ2n) is 8.86. The van der Waals surface area contributed by atoms with E-state index < -0.39 is 0 Å². The summed E-state index contributed by atoms with van der Waals surface area (Å²) >= 11 is 0. The first kappa shape index (κ1) is 22.6. The quantitative estimate of drug-likeness (QED) is 0.241. The molecule has 182 valence electrons. The number of anilines is 1. The second kappa shape index (κ2) is 9.31. The average molecular weight is 491 g/mol. The van der Waals surface area contributed by atoms with E-state index in [2.05, 4.69) is 25.5 Å². The molecule has 6 aromatic rings. The van der Waals surface area contributed by atoms with E-state index in [9.17, 15) is 9.18 Å². The Hall–Kier alpha value is -4.85. The number of nitrogens with zero attached hydrogens (tertiary/aromatic N) is 3. The number of hydrogen-bond donors (Lipinski definition) is 3. The zero-order valence-corrected chi connectivity index (χ0v) is 20.0. The molecule has 3 aromatic carbocycles. The molecule has 6 rings (SSSR count). The lowest BCUT2D eigenvalue weighted by Gasteiger charge is -2.07. The molecule has 0 atom stereocenters. The van der Waals surface area contributed by atoms with Crippen LogP contribution in [0.5, 0.6) is 0 Å². The number of halogens is 1. The van der Waals surface area contributed by atoms with E-state index >= 15 is 0 Å². The SMILES string of the molecule is CCCC(=O)Nc1cncc(-c2ccc3[nH]nc(-c4nc5c(-c6ccccc6F)cccc5[nH]4)c3c2)c1. The van der Waals surface area contributed by atoms with Gasteiger partial charge in [0.2, 0.25) is 5.91 Å². The van der Waals surface area contributed by atoms with Crippen LogP contribution in [-0.4, -0.2) is 31.1 Å². The molecule has 0 saturated heterocycles. The van der Waals surface area contributed by atoms with Crippen LogP contribution in [-0.2, 0) is 4.79 Å². The van der Waals surface area contributed by atoms with Gasteiger partial charge in [0.25, 0.3) is 0 Å². The number of carbonyl (C=O) groups excluding carboxylic acids is 1. The van der Waals surface area contributed by atoms with Crippen LogP contribution < -0.4 is 5.32 Å². The Morgan fingerprint density at radius 1 is 0.946 bits per heavy atom. The first-order valence-corrected chi connectivity index (χ1v) is 12.1. The number of para-hydroxylation sites is 1. The largest absolute Gasteiger partial charge is 0.337 e. The predicted molar refractivity (Wildman–Crippen MR) is 143 cm³/mol. The van der Waals surface area contributed by atoms with Crippen LogP contribution in [0.3, 0.4) is 0 Å². The molecule has 0 bridgehead atoms. The van der Waals surface area contributed by atoms with Crippen LogP contribution in [0.25, 0.3) is 55.7 Å². The number of imidazole rings is 1. The van der Waals surface area contributed by atoms with E-state index in [1.165, 1.54) is 6.07 Å². The Kier molecular flexibility index (Phi) is 5.69. The molecule has 0 saturated carbocycles. The molecule has 0 radical (unpaired) electrons. The summed E-state index contributed by atoms with van der Waals surface area (Å²) in [5.41, 5.74) is 6.65. The van der Waals surface area contributed by atoms with E-state index in [-0.39, 0.29) is 11.7 Å². The highest BCUT2D eigenvalue weighted by Crippen LogP contribution is 2.34. The molecule has 1 amide bonds. The van der Waals surface area contributed by atoms with Crippen molar-refractivity contribution in [2.75, 3.05) is 5.32 Å². The van der Waals surface area contributed by atoms with Crippen molar-refractivity contribution in [3.63, 3.8) is 0 Å². The van der Waals surface area contributed by atoms with Gasteiger partial charge in [-0.2, -0.15) is 5.10 Å². The Balaban J connectivity index is 1.41. The highest BCUT2D eigenvalue weighted by Gasteiger charge is 2.17. The normalized spacial score (nSPS) is 11.3. The summed E-state index contributed by atoms with van der Waals surface area (Å²) < 4.78 is 14.6. The van der Waals surface area contributed by atoms with E-state index in [0.29, 0.717) is 40.3 Å². The third kappa shape index (κ3) is 4.23. The molecule has 8 heteroatoms. The number of aromatic amines is 2. The van der Waals surface area contributed by atoms with Crippen LogP contribution in [0.4, 0.5) is 10.1 Å². The summed E-state index contributed by atoms with van der Waals surface area (Å²) in [6, 6.07) is 20.2. The summed E-state index contributed by atoms with van der Waals surface area (Å²) in [5, 5.41) is 11.4. The monoisotopic (exact) mass is 490 g/mol. The van der Waals surface area contributed by atoms with Crippen molar-refractivity contribution in [3.05, 3.63) is 84.9 Å². The van der Waals surface area contributed by atoms with Crippen LogP contribution in [0.1, 0.15) is 19.8 Å². The lowest BCUT2D eigenvalue weighted by atomic mass is 10.0. The summed E-state index contributed by atoms with van der Waals surface area (Å²) in [6.07, 6.45) is 4.64. The second-order valence-corrected chi connectivity index (χ2v) is 8.86. The predicted octanol–water partition coefficient (Wildman–Crippen LogP) is 6.71. The zero-order valence-electron chi connectivity index (χ0n) is 20.0. The molecular formula is C29H23FN6O. The molecule has 0 aliphatic heterocycles. The lowest BCUT2D eigenvalue weighted by Crippen LogP contribution is -2.10. The van der Waals surface area contributed by atoms with Crippen LogP contribution in [0.2, 0.25) is 0 Å². The number of aromatic nitrogens is 5. The molecule has 37 heavy (non-hydrogen) atoms. The number of rotatable bonds is 6. The zero-order chi connectivity index (χ0) is 25.4. The van der Waals surface area contributed by atoms with Crippen LogP contribution in [0, 0.1) is 5.82 Å². The van der Waals surface area contributed by atoms with Crippen molar-refractivity contribution < 1.29 is 9.18 Å². The van der Waals surface area contributed by atoms with Crippen molar-refractivity contribution in [2.24, 2.45) is 0 Å².